The van der Waals surface area contributed by atoms with Crippen LogP contribution in [0.2, 0.25) is 0 Å². The summed E-state index contributed by atoms with van der Waals surface area (Å²) < 4.78 is 7.17. The summed E-state index contributed by atoms with van der Waals surface area (Å²) in [6, 6.07) is 15.4. The minimum atomic E-state index is -0.00569. The van der Waals surface area contributed by atoms with E-state index >= 15 is 0 Å². The maximum Gasteiger partial charge on any atom is 0.271 e. The molecule has 2 amide bonds. The summed E-state index contributed by atoms with van der Waals surface area (Å²) in [7, 11) is 3.55. The van der Waals surface area contributed by atoms with Crippen LogP contribution < -0.4 is 4.74 Å². The Morgan fingerprint density at radius 1 is 0.812 bits per heavy atom. The first-order valence-corrected chi connectivity index (χ1v) is 10.8. The lowest BCUT2D eigenvalue weighted by atomic mass is 10.0. The van der Waals surface area contributed by atoms with Crippen molar-refractivity contribution in [3.63, 3.8) is 0 Å². The molecule has 0 saturated carbocycles. The highest BCUT2D eigenvalue weighted by Gasteiger charge is 2.29. The molecule has 6 heteroatoms. The van der Waals surface area contributed by atoms with Gasteiger partial charge in [-0.3, -0.25) is 9.59 Å². The van der Waals surface area contributed by atoms with Crippen LogP contribution in [0, 0.1) is 13.8 Å². The summed E-state index contributed by atoms with van der Waals surface area (Å²) in [5.41, 5.74) is 5.47. The number of hydrogen-bond acceptors (Lipinski definition) is 3. The van der Waals surface area contributed by atoms with Crippen LogP contribution in [0.25, 0.3) is 11.1 Å². The van der Waals surface area contributed by atoms with Crippen LogP contribution in [-0.2, 0) is 7.05 Å². The molecule has 0 unspecified atom stereocenters. The van der Waals surface area contributed by atoms with Crippen LogP contribution in [-0.4, -0.2) is 59.5 Å². The number of piperazine rings is 1. The van der Waals surface area contributed by atoms with Gasteiger partial charge in [0.15, 0.2) is 0 Å². The number of carbonyl (C=O) groups excluding carboxylic acids is 2. The fraction of sp³-hybridized carbons (Fsp3) is 0.308. The van der Waals surface area contributed by atoms with Gasteiger partial charge in [-0.25, -0.2) is 0 Å². The molecule has 1 saturated heterocycles. The molecule has 0 atom stereocenters. The van der Waals surface area contributed by atoms with Crippen molar-refractivity contribution in [2.75, 3.05) is 33.3 Å². The third-order valence-corrected chi connectivity index (χ3v) is 6.11. The molecule has 0 aliphatic carbocycles. The van der Waals surface area contributed by atoms with E-state index in [1.54, 1.807) is 7.11 Å². The summed E-state index contributed by atoms with van der Waals surface area (Å²) in [5.74, 6) is 0.796. The van der Waals surface area contributed by atoms with E-state index in [0.717, 1.165) is 28.0 Å². The Balaban J connectivity index is 1.51. The quantitative estimate of drug-likeness (QED) is 0.629. The van der Waals surface area contributed by atoms with Crippen LogP contribution in [0.5, 0.6) is 5.75 Å². The van der Waals surface area contributed by atoms with E-state index in [1.165, 1.54) is 0 Å². The normalized spacial score (nSPS) is 13.9. The first-order chi connectivity index (χ1) is 15.4. The summed E-state index contributed by atoms with van der Waals surface area (Å²) in [5, 5.41) is 0. The smallest absolute Gasteiger partial charge is 0.271 e. The average Bonchev–Trinajstić information content (AvgIpc) is 3.12. The lowest BCUT2D eigenvalue weighted by Crippen LogP contribution is -2.51. The lowest BCUT2D eigenvalue weighted by Gasteiger charge is -2.35. The zero-order valence-corrected chi connectivity index (χ0v) is 19.1. The number of aryl methyl sites for hydroxylation is 3. The summed E-state index contributed by atoms with van der Waals surface area (Å²) >= 11 is 0. The molecule has 3 aromatic rings. The molecular formula is C26H29N3O3. The van der Waals surface area contributed by atoms with Crippen LogP contribution in [0.1, 0.15) is 32.0 Å². The summed E-state index contributed by atoms with van der Waals surface area (Å²) in [6.45, 7) is 6.11. The molecule has 2 aromatic carbocycles. The largest absolute Gasteiger partial charge is 0.497 e. The van der Waals surface area contributed by atoms with Crippen LogP contribution in [0.3, 0.4) is 0 Å². The van der Waals surface area contributed by atoms with E-state index in [4.69, 9.17) is 4.74 Å². The van der Waals surface area contributed by atoms with Crippen molar-refractivity contribution in [1.29, 1.82) is 0 Å². The molecule has 0 N–H and O–H groups in total. The maximum atomic E-state index is 13.5. The van der Waals surface area contributed by atoms with Gasteiger partial charge in [-0.15, -0.1) is 0 Å². The van der Waals surface area contributed by atoms with Crippen molar-refractivity contribution in [3.8, 4) is 16.9 Å². The number of hydrogen-bond donors (Lipinski definition) is 0. The van der Waals surface area contributed by atoms with Crippen molar-refractivity contribution >= 4 is 11.8 Å². The van der Waals surface area contributed by atoms with E-state index in [1.807, 2.05) is 90.0 Å². The van der Waals surface area contributed by atoms with Gasteiger partial charge in [0, 0.05) is 50.6 Å². The van der Waals surface area contributed by atoms with E-state index in [-0.39, 0.29) is 11.8 Å². The fourth-order valence-electron chi connectivity index (χ4n) is 4.30. The molecule has 1 aromatic heterocycles. The fourth-order valence-corrected chi connectivity index (χ4v) is 4.30. The van der Waals surface area contributed by atoms with E-state index < -0.39 is 0 Å². The minimum absolute atomic E-state index is 0.00569. The molecule has 166 valence electrons. The third kappa shape index (κ3) is 4.13. The third-order valence-electron chi connectivity index (χ3n) is 6.11. The van der Waals surface area contributed by atoms with Crippen molar-refractivity contribution in [1.82, 2.24) is 14.4 Å². The molecule has 4 rings (SSSR count). The summed E-state index contributed by atoms with van der Waals surface area (Å²) in [4.78, 5) is 30.0. The number of nitrogens with zero attached hydrogens (tertiary/aromatic N) is 3. The van der Waals surface area contributed by atoms with Gasteiger partial charge in [0.25, 0.3) is 11.8 Å². The SMILES string of the molecule is COc1ccc(-c2c(C)cn(C)c2C(=O)N2CCN(C(=O)c3ccc(C)cc3)CC2)cc1. The lowest BCUT2D eigenvalue weighted by molar-refractivity contribution is 0.0530. The Labute approximate surface area is 189 Å². The van der Waals surface area contributed by atoms with Gasteiger partial charge < -0.3 is 19.1 Å². The van der Waals surface area contributed by atoms with Gasteiger partial charge in [0.05, 0.1) is 7.11 Å². The summed E-state index contributed by atoms with van der Waals surface area (Å²) in [6.07, 6.45) is 1.99. The van der Waals surface area contributed by atoms with Gasteiger partial charge in [0.2, 0.25) is 0 Å². The molecule has 0 radical (unpaired) electrons. The van der Waals surface area contributed by atoms with Crippen molar-refractivity contribution < 1.29 is 14.3 Å². The molecule has 1 fully saturated rings. The van der Waals surface area contributed by atoms with Crippen LogP contribution in [0.4, 0.5) is 0 Å². The van der Waals surface area contributed by atoms with E-state index in [9.17, 15) is 9.59 Å². The average molecular weight is 432 g/mol. The van der Waals surface area contributed by atoms with Gasteiger partial charge in [-0.1, -0.05) is 29.8 Å². The topological polar surface area (TPSA) is 54.8 Å². The molecule has 0 bridgehead atoms. The number of amides is 2. The zero-order valence-electron chi connectivity index (χ0n) is 19.1. The van der Waals surface area contributed by atoms with Gasteiger partial charge in [0.1, 0.15) is 11.4 Å². The molecule has 32 heavy (non-hydrogen) atoms. The monoisotopic (exact) mass is 431 g/mol. The highest BCUT2D eigenvalue weighted by molar-refractivity contribution is 6.01. The van der Waals surface area contributed by atoms with Crippen molar-refractivity contribution in [3.05, 3.63) is 77.1 Å². The predicted octanol–water partition coefficient (Wildman–Crippen LogP) is 3.92. The molecule has 6 nitrogen and oxygen atoms in total. The maximum absolute atomic E-state index is 13.5. The van der Waals surface area contributed by atoms with Crippen LogP contribution >= 0.6 is 0 Å². The number of carbonyl (C=O) groups is 2. The molecular weight excluding hydrogens is 402 g/mol. The molecule has 1 aliphatic rings. The Bertz CT molecular complexity index is 1120. The van der Waals surface area contributed by atoms with Crippen molar-refractivity contribution in [2.24, 2.45) is 7.05 Å². The first-order valence-electron chi connectivity index (χ1n) is 10.8. The predicted molar refractivity (Wildman–Crippen MR) is 125 cm³/mol. The van der Waals surface area contributed by atoms with Crippen LogP contribution in [0.15, 0.2) is 54.7 Å². The highest BCUT2D eigenvalue weighted by Crippen LogP contribution is 2.31. The molecule has 2 heterocycles. The number of ether oxygens (including phenoxy) is 1. The Morgan fingerprint density at radius 2 is 1.38 bits per heavy atom. The molecule has 1 aliphatic heterocycles. The Morgan fingerprint density at radius 3 is 1.94 bits per heavy atom. The van der Waals surface area contributed by atoms with Gasteiger partial charge in [-0.05, 0) is 49.2 Å². The Hall–Kier alpha value is -3.54. The number of aromatic nitrogens is 1. The number of rotatable bonds is 4. The second kappa shape index (κ2) is 8.91. The minimum Gasteiger partial charge on any atom is -0.497 e. The molecule has 0 spiro atoms. The van der Waals surface area contributed by atoms with E-state index in [2.05, 4.69) is 0 Å². The Kier molecular flexibility index (Phi) is 6.04. The highest BCUT2D eigenvalue weighted by atomic mass is 16.5. The van der Waals surface area contributed by atoms with Gasteiger partial charge in [-0.2, -0.15) is 0 Å². The van der Waals surface area contributed by atoms with Crippen molar-refractivity contribution in [2.45, 2.75) is 13.8 Å². The number of benzene rings is 2. The van der Waals surface area contributed by atoms with Gasteiger partial charge >= 0.3 is 0 Å². The second-order valence-corrected chi connectivity index (χ2v) is 8.33. The number of methoxy groups -OCH3 is 1. The standard InChI is InChI=1S/C26H29N3O3/c1-18-5-7-21(8-6-18)25(30)28-13-15-29(16-14-28)26(31)24-23(19(2)17-27(24)3)20-9-11-22(32-4)12-10-20/h5-12,17H,13-16H2,1-4H3. The van der Waals surface area contributed by atoms with E-state index in [0.29, 0.717) is 37.4 Å². The zero-order chi connectivity index (χ0) is 22.8. The second-order valence-electron chi connectivity index (χ2n) is 8.33. The first kappa shape index (κ1) is 21.7.